The van der Waals surface area contributed by atoms with Crippen LogP contribution in [0.3, 0.4) is 0 Å². The van der Waals surface area contributed by atoms with Crippen LogP contribution in [0.4, 0.5) is 8.78 Å². The third-order valence-corrected chi connectivity index (χ3v) is 3.56. The van der Waals surface area contributed by atoms with Crippen LogP contribution in [0.25, 0.3) is 0 Å². The molecule has 0 spiro atoms. The SMILES string of the molecule is CCOC(=O)c1cc(C(F)F)cc(C(Br)C(C)=O)c1. The number of rotatable bonds is 5. The van der Waals surface area contributed by atoms with Crippen molar-refractivity contribution in [2.75, 3.05) is 6.61 Å². The van der Waals surface area contributed by atoms with E-state index in [0.29, 0.717) is 5.56 Å². The van der Waals surface area contributed by atoms with E-state index >= 15 is 0 Å². The van der Waals surface area contributed by atoms with Crippen LogP contribution in [0, 0.1) is 0 Å². The lowest BCUT2D eigenvalue weighted by Crippen LogP contribution is -2.09. The third-order valence-electron chi connectivity index (χ3n) is 2.39. The van der Waals surface area contributed by atoms with E-state index in [1.807, 2.05) is 0 Å². The maximum atomic E-state index is 12.8. The fraction of sp³-hybridized carbons (Fsp3) is 0.385. The minimum absolute atomic E-state index is 0.0142. The highest BCUT2D eigenvalue weighted by Crippen LogP contribution is 2.29. The van der Waals surface area contributed by atoms with Crippen molar-refractivity contribution in [3.8, 4) is 0 Å². The van der Waals surface area contributed by atoms with Crippen LogP contribution >= 0.6 is 15.9 Å². The molecule has 0 radical (unpaired) electrons. The molecule has 1 aromatic rings. The second-order valence-electron chi connectivity index (χ2n) is 3.88. The largest absolute Gasteiger partial charge is 0.462 e. The Morgan fingerprint density at radius 1 is 1.26 bits per heavy atom. The summed E-state index contributed by atoms with van der Waals surface area (Å²) in [6.07, 6.45) is -2.72. The van der Waals surface area contributed by atoms with Gasteiger partial charge >= 0.3 is 5.97 Å². The lowest BCUT2D eigenvalue weighted by Gasteiger charge is -2.11. The smallest absolute Gasteiger partial charge is 0.338 e. The quantitative estimate of drug-likeness (QED) is 0.607. The van der Waals surface area contributed by atoms with Gasteiger partial charge in [-0.3, -0.25) is 4.79 Å². The molecule has 1 unspecified atom stereocenters. The summed E-state index contributed by atoms with van der Waals surface area (Å²) < 4.78 is 30.4. The molecule has 0 amide bonds. The van der Waals surface area contributed by atoms with Crippen molar-refractivity contribution in [1.82, 2.24) is 0 Å². The Bertz CT molecular complexity index is 489. The van der Waals surface area contributed by atoms with E-state index in [2.05, 4.69) is 15.9 Å². The van der Waals surface area contributed by atoms with Crippen molar-refractivity contribution in [1.29, 1.82) is 0 Å². The van der Waals surface area contributed by atoms with E-state index < -0.39 is 17.2 Å². The first kappa shape index (κ1) is 15.8. The highest BCUT2D eigenvalue weighted by Gasteiger charge is 2.19. The number of hydrogen-bond acceptors (Lipinski definition) is 3. The second-order valence-corrected chi connectivity index (χ2v) is 4.80. The number of halogens is 3. The zero-order chi connectivity index (χ0) is 14.6. The molecule has 1 rings (SSSR count). The molecule has 0 aromatic heterocycles. The lowest BCUT2D eigenvalue weighted by molar-refractivity contribution is -0.116. The highest BCUT2D eigenvalue weighted by atomic mass is 79.9. The second kappa shape index (κ2) is 6.75. The first-order chi connectivity index (χ1) is 8.86. The average molecular weight is 335 g/mol. The molecule has 0 heterocycles. The number of ether oxygens (including phenoxy) is 1. The van der Waals surface area contributed by atoms with E-state index in [4.69, 9.17) is 4.74 Å². The molecule has 0 fully saturated rings. The van der Waals surface area contributed by atoms with Gasteiger partial charge in [-0.05, 0) is 37.6 Å². The van der Waals surface area contributed by atoms with Gasteiger partial charge in [0.15, 0.2) is 0 Å². The molecule has 3 nitrogen and oxygen atoms in total. The minimum atomic E-state index is -2.72. The molecule has 0 saturated carbocycles. The van der Waals surface area contributed by atoms with E-state index in [9.17, 15) is 18.4 Å². The molecule has 0 saturated heterocycles. The molecule has 6 heteroatoms. The maximum absolute atomic E-state index is 12.8. The van der Waals surface area contributed by atoms with Gasteiger partial charge < -0.3 is 4.74 Å². The van der Waals surface area contributed by atoms with Crippen molar-refractivity contribution >= 4 is 27.7 Å². The summed E-state index contributed by atoms with van der Waals surface area (Å²) in [7, 11) is 0. The molecule has 0 N–H and O–H groups in total. The van der Waals surface area contributed by atoms with Gasteiger partial charge in [0.2, 0.25) is 0 Å². The van der Waals surface area contributed by atoms with Gasteiger partial charge in [-0.15, -0.1) is 0 Å². The third kappa shape index (κ3) is 4.09. The number of alkyl halides is 3. The van der Waals surface area contributed by atoms with Crippen molar-refractivity contribution in [3.05, 3.63) is 34.9 Å². The van der Waals surface area contributed by atoms with Crippen molar-refractivity contribution in [2.24, 2.45) is 0 Å². The number of carbonyl (C=O) groups is 2. The van der Waals surface area contributed by atoms with Gasteiger partial charge in [0.25, 0.3) is 6.43 Å². The molecule has 19 heavy (non-hydrogen) atoms. The molecule has 0 aliphatic rings. The van der Waals surface area contributed by atoms with Crippen molar-refractivity contribution in [3.63, 3.8) is 0 Å². The summed E-state index contributed by atoms with van der Waals surface area (Å²) in [6, 6.07) is 3.66. The van der Waals surface area contributed by atoms with E-state index in [1.165, 1.54) is 19.1 Å². The first-order valence-corrected chi connectivity index (χ1v) is 6.53. The summed E-state index contributed by atoms with van der Waals surface area (Å²) in [5.41, 5.74) is 0.0138. The van der Waals surface area contributed by atoms with Crippen LogP contribution < -0.4 is 0 Å². The van der Waals surface area contributed by atoms with E-state index in [-0.39, 0.29) is 23.5 Å². The van der Waals surface area contributed by atoms with Crippen LogP contribution in [-0.2, 0) is 9.53 Å². The van der Waals surface area contributed by atoms with Gasteiger partial charge in [-0.1, -0.05) is 15.9 Å². The minimum Gasteiger partial charge on any atom is -0.462 e. The molecule has 104 valence electrons. The number of carbonyl (C=O) groups excluding carboxylic acids is 2. The topological polar surface area (TPSA) is 43.4 Å². The predicted octanol–water partition coefficient (Wildman–Crippen LogP) is 3.83. The Morgan fingerprint density at radius 3 is 2.32 bits per heavy atom. The monoisotopic (exact) mass is 334 g/mol. The van der Waals surface area contributed by atoms with Crippen LogP contribution in [-0.4, -0.2) is 18.4 Å². The maximum Gasteiger partial charge on any atom is 0.338 e. The lowest BCUT2D eigenvalue weighted by atomic mass is 10.0. The fourth-order valence-corrected chi connectivity index (χ4v) is 1.78. The molecular formula is C13H13BrF2O3. The molecule has 1 atom stereocenters. The molecule has 0 bridgehead atoms. The predicted molar refractivity (Wildman–Crippen MR) is 69.7 cm³/mol. The van der Waals surface area contributed by atoms with Crippen molar-refractivity contribution < 1.29 is 23.1 Å². The number of Topliss-reactive ketones (excluding diaryl/α,β-unsaturated/α-hetero) is 1. The van der Waals surface area contributed by atoms with Gasteiger partial charge in [-0.2, -0.15) is 0 Å². The Hall–Kier alpha value is -1.30. The Morgan fingerprint density at radius 2 is 1.84 bits per heavy atom. The summed E-state index contributed by atoms with van der Waals surface area (Å²) in [4.78, 5) is 22.2. The van der Waals surface area contributed by atoms with Gasteiger partial charge in [0.1, 0.15) is 5.78 Å². The molecular weight excluding hydrogens is 322 g/mol. The van der Waals surface area contributed by atoms with Crippen LogP contribution in [0.15, 0.2) is 18.2 Å². The zero-order valence-electron chi connectivity index (χ0n) is 10.5. The van der Waals surface area contributed by atoms with E-state index in [1.54, 1.807) is 6.92 Å². The average Bonchev–Trinajstić information content (AvgIpc) is 2.37. The van der Waals surface area contributed by atoms with Gasteiger partial charge in [0, 0.05) is 5.56 Å². The van der Waals surface area contributed by atoms with Gasteiger partial charge in [-0.25, -0.2) is 13.6 Å². The van der Waals surface area contributed by atoms with E-state index in [0.717, 1.165) is 6.07 Å². The first-order valence-electron chi connectivity index (χ1n) is 5.61. The highest BCUT2D eigenvalue weighted by molar-refractivity contribution is 9.09. The Kier molecular flexibility index (Phi) is 5.60. The van der Waals surface area contributed by atoms with Crippen LogP contribution in [0.1, 0.15) is 46.6 Å². The normalized spacial score (nSPS) is 12.3. The standard InChI is InChI=1S/C13H13BrF2O3/c1-3-19-13(18)10-5-8(11(14)7(2)17)4-9(6-10)12(15)16/h4-6,11-12H,3H2,1-2H3. The number of hydrogen-bond donors (Lipinski definition) is 0. The molecule has 0 aliphatic carbocycles. The summed E-state index contributed by atoms with van der Waals surface area (Å²) in [6.45, 7) is 3.11. The van der Waals surface area contributed by atoms with Crippen molar-refractivity contribution in [2.45, 2.75) is 25.1 Å². The fourth-order valence-electron chi connectivity index (χ4n) is 1.52. The molecule has 0 aliphatic heterocycles. The number of ketones is 1. The van der Waals surface area contributed by atoms with Crippen LogP contribution in [0.2, 0.25) is 0 Å². The summed E-state index contributed by atoms with van der Waals surface area (Å²) >= 11 is 3.11. The summed E-state index contributed by atoms with van der Waals surface area (Å²) in [5.74, 6) is -0.921. The van der Waals surface area contributed by atoms with Crippen LogP contribution in [0.5, 0.6) is 0 Å². The summed E-state index contributed by atoms with van der Waals surface area (Å²) in [5, 5.41) is 0. The molecule has 1 aromatic carbocycles. The Labute approximate surface area is 118 Å². The van der Waals surface area contributed by atoms with Gasteiger partial charge in [0.05, 0.1) is 17.0 Å². The number of benzene rings is 1. The number of esters is 1. The zero-order valence-corrected chi connectivity index (χ0v) is 12.0. The Balaban J connectivity index is 3.25.